The Morgan fingerprint density at radius 2 is 1.71 bits per heavy atom. The first-order valence-corrected chi connectivity index (χ1v) is 10.3. The van der Waals surface area contributed by atoms with Gasteiger partial charge >= 0.3 is 0 Å². The van der Waals surface area contributed by atoms with Gasteiger partial charge in [-0.2, -0.15) is 0 Å². The number of ketones is 1. The third-order valence-corrected chi connectivity index (χ3v) is 5.18. The van der Waals surface area contributed by atoms with E-state index in [1.807, 2.05) is 13.8 Å². The fourth-order valence-electron chi connectivity index (χ4n) is 2.83. The van der Waals surface area contributed by atoms with E-state index < -0.39 is 10.0 Å². The standard InChI is InChI=1S/C20H24N2O5S/c1-5-18(23)17-11-8-15(12-19(17)27-4)22(13(2)3)20(24)14-6-9-16(10-7-14)28(21,25)26/h6-13H,5H2,1-4H3,(H2,21,25,26). The van der Waals surface area contributed by atoms with Gasteiger partial charge in [-0.1, -0.05) is 6.92 Å². The zero-order valence-electron chi connectivity index (χ0n) is 16.3. The molecule has 1 amide bonds. The van der Waals surface area contributed by atoms with Gasteiger partial charge in [-0.05, 0) is 50.2 Å². The number of nitrogens with two attached hydrogens (primary N) is 1. The topological polar surface area (TPSA) is 107 Å². The average molecular weight is 404 g/mol. The van der Waals surface area contributed by atoms with Gasteiger partial charge in [0, 0.05) is 29.8 Å². The van der Waals surface area contributed by atoms with Crippen LogP contribution in [-0.4, -0.2) is 33.3 Å². The number of ether oxygens (including phenoxy) is 1. The van der Waals surface area contributed by atoms with Crippen LogP contribution in [0.4, 0.5) is 5.69 Å². The molecule has 0 saturated carbocycles. The number of benzene rings is 2. The SMILES string of the molecule is CCC(=O)c1ccc(N(C(=O)c2ccc(S(N)(=O)=O)cc2)C(C)C)cc1OC. The number of anilines is 1. The van der Waals surface area contributed by atoms with Gasteiger partial charge in [-0.15, -0.1) is 0 Å². The molecule has 2 rings (SSSR count). The number of amides is 1. The maximum atomic E-state index is 13.1. The Hall–Kier alpha value is -2.71. The molecule has 0 atom stereocenters. The molecule has 0 aliphatic heterocycles. The monoisotopic (exact) mass is 404 g/mol. The number of sulfonamides is 1. The van der Waals surface area contributed by atoms with Gasteiger partial charge in [0.15, 0.2) is 5.78 Å². The summed E-state index contributed by atoms with van der Waals surface area (Å²) in [5.74, 6) is 0.0318. The van der Waals surface area contributed by atoms with Crippen LogP contribution in [0.1, 0.15) is 47.9 Å². The van der Waals surface area contributed by atoms with Crippen molar-refractivity contribution in [3.63, 3.8) is 0 Å². The Morgan fingerprint density at radius 1 is 1.11 bits per heavy atom. The molecule has 7 nitrogen and oxygen atoms in total. The minimum atomic E-state index is -3.83. The summed E-state index contributed by atoms with van der Waals surface area (Å²) in [6, 6.07) is 10.2. The lowest BCUT2D eigenvalue weighted by molar-refractivity contribution is 0.0976. The van der Waals surface area contributed by atoms with E-state index >= 15 is 0 Å². The van der Waals surface area contributed by atoms with Crippen molar-refractivity contribution in [3.8, 4) is 5.75 Å². The van der Waals surface area contributed by atoms with E-state index in [1.54, 1.807) is 30.0 Å². The second kappa shape index (κ2) is 8.53. The number of carbonyl (C=O) groups is 2. The summed E-state index contributed by atoms with van der Waals surface area (Å²) in [6.45, 7) is 5.48. The molecule has 2 N–H and O–H groups in total. The first-order chi connectivity index (χ1) is 13.1. The Labute approximate surface area is 165 Å². The maximum absolute atomic E-state index is 13.1. The predicted octanol–water partition coefficient (Wildman–Crippen LogP) is 2.99. The Morgan fingerprint density at radius 3 is 2.18 bits per heavy atom. The molecule has 2 aromatic carbocycles. The molecule has 0 aliphatic carbocycles. The lowest BCUT2D eigenvalue weighted by Crippen LogP contribution is -2.37. The van der Waals surface area contributed by atoms with Crippen molar-refractivity contribution in [1.82, 2.24) is 0 Å². The molecule has 0 bridgehead atoms. The predicted molar refractivity (Wildman–Crippen MR) is 107 cm³/mol. The van der Waals surface area contributed by atoms with Crippen LogP contribution < -0.4 is 14.8 Å². The molecule has 150 valence electrons. The summed E-state index contributed by atoms with van der Waals surface area (Å²) in [4.78, 5) is 26.6. The molecule has 0 aromatic heterocycles. The van der Waals surface area contributed by atoms with Crippen LogP contribution in [0, 0.1) is 0 Å². The lowest BCUT2D eigenvalue weighted by atomic mass is 10.1. The summed E-state index contributed by atoms with van der Waals surface area (Å²) >= 11 is 0. The van der Waals surface area contributed by atoms with Gasteiger partial charge in [0.25, 0.3) is 5.91 Å². The number of Topliss-reactive ketones (excluding diaryl/α,β-unsaturated/α-hetero) is 1. The number of hydrogen-bond acceptors (Lipinski definition) is 5. The first-order valence-electron chi connectivity index (χ1n) is 8.77. The minimum Gasteiger partial charge on any atom is -0.496 e. The number of rotatable bonds is 7. The summed E-state index contributed by atoms with van der Waals surface area (Å²) in [7, 11) is -2.36. The van der Waals surface area contributed by atoms with Crippen LogP contribution >= 0.6 is 0 Å². The van der Waals surface area contributed by atoms with Gasteiger partial charge in [0.1, 0.15) is 5.75 Å². The van der Waals surface area contributed by atoms with E-state index in [1.165, 1.54) is 31.4 Å². The Balaban J connectivity index is 2.45. The molecule has 28 heavy (non-hydrogen) atoms. The number of methoxy groups -OCH3 is 1. The molecule has 0 radical (unpaired) electrons. The fraction of sp³-hybridized carbons (Fsp3) is 0.300. The number of carbonyl (C=O) groups excluding carboxylic acids is 2. The van der Waals surface area contributed by atoms with Gasteiger partial charge in [-0.3, -0.25) is 9.59 Å². The van der Waals surface area contributed by atoms with Crippen molar-refractivity contribution in [1.29, 1.82) is 0 Å². The summed E-state index contributed by atoms with van der Waals surface area (Å²) < 4.78 is 28.1. The molecular weight excluding hydrogens is 380 g/mol. The van der Waals surface area contributed by atoms with E-state index in [2.05, 4.69) is 0 Å². The van der Waals surface area contributed by atoms with Crippen molar-refractivity contribution < 1.29 is 22.7 Å². The molecule has 8 heteroatoms. The lowest BCUT2D eigenvalue weighted by Gasteiger charge is -2.28. The van der Waals surface area contributed by atoms with Crippen molar-refractivity contribution in [2.24, 2.45) is 5.14 Å². The summed E-state index contributed by atoms with van der Waals surface area (Å²) in [6.07, 6.45) is 0.346. The maximum Gasteiger partial charge on any atom is 0.258 e. The van der Waals surface area contributed by atoms with E-state index in [9.17, 15) is 18.0 Å². The van der Waals surface area contributed by atoms with Gasteiger partial charge in [-0.25, -0.2) is 13.6 Å². The largest absolute Gasteiger partial charge is 0.496 e. The number of primary sulfonamides is 1. The molecule has 0 saturated heterocycles. The molecule has 0 aliphatic rings. The second-order valence-corrected chi connectivity index (χ2v) is 8.06. The zero-order chi connectivity index (χ0) is 21.1. The summed E-state index contributed by atoms with van der Waals surface area (Å²) in [5.41, 5.74) is 1.34. The van der Waals surface area contributed by atoms with Crippen molar-refractivity contribution >= 4 is 27.4 Å². The van der Waals surface area contributed by atoms with Gasteiger partial charge in [0.2, 0.25) is 10.0 Å². The van der Waals surface area contributed by atoms with Crippen LogP contribution in [-0.2, 0) is 10.0 Å². The Bertz CT molecular complexity index is 982. The van der Waals surface area contributed by atoms with Crippen molar-refractivity contribution in [2.75, 3.05) is 12.0 Å². The molecule has 0 heterocycles. The van der Waals surface area contributed by atoms with E-state index in [0.717, 1.165) is 0 Å². The van der Waals surface area contributed by atoms with Gasteiger partial charge < -0.3 is 9.64 Å². The summed E-state index contributed by atoms with van der Waals surface area (Å²) in [5, 5.41) is 5.10. The highest BCUT2D eigenvalue weighted by atomic mass is 32.2. The number of nitrogens with zero attached hydrogens (tertiary/aromatic N) is 1. The highest BCUT2D eigenvalue weighted by Crippen LogP contribution is 2.29. The van der Waals surface area contributed by atoms with E-state index in [-0.39, 0.29) is 22.6 Å². The van der Waals surface area contributed by atoms with E-state index in [4.69, 9.17) is 9.88 Å². The molecule has 0 spiro atoms. The quantitative estimate of drug-likeness (QED) is 0.714. The molecule has 2 aromatic rings. The first kappa shape index (κ1) is 21.6. The zero-order valence-corrected chi connectivity index (χ0v) is 17.1. The third-order valence-electron chi connectivity index (χ3n) is 4.25. The van der Waals surface area contributed by atoms with Crippen molar-refractivity contribution in [2.45, 2.75) is 38.1 Å². The van der Waals surface area contributed by atoms with Crippen LogP contribution in [0.25, 0.3) is 0 Å². The third kappa shape index (κ3) is 4.58. The second-order valence-electron chi connectivity index (χ2n) is 6.50. The fourth-order valence-corrected chi connectivity index (χ4v) is 3.34. The van der Waals surface area contributed by atoms with Crippen LogP contribution in [0.5, 0.6) is 5.75 Å². The molecule has 0 unspecified atom stereocenters. The molecule has 0 fully saturated rings. The number of hydrogen-bond donors (Lipinski definition) is 1. The van der Waals surface area contributed by atoms with E-state index in [0.29, 0.717) is 29.0 Å². The highest BCUT2D eigenvalue weighted by Gasteiger charge is 2.23. The van der Waals surface area contributed by atoms with Crippen LogP contribution in [0.3, 0.4) is 0 Å². The molecular formula is C20H24N2O5S. The average Bonchev–Trinajstić information content (AvgIpc) is 2.66. The van der Waals surface area contributed by atoms with Crippen LogP contribution in [0.15, 0.2) is 47.4 Å². The van der Waals surface area contributed by atoms with Gasteiger partial charge in [0.05, 0.1) is 17.6 Å². The highest BCUT2D eigenvalue weighted by molar-refractivity contribution is 7.89. The normalized spacial score (nSPS) is 11.4. The minimum absolute atomic E-state index is 0.0515. The van der Waals surface area contributed by atoms with Crippen LogP contribution in [0.2, 0.25) is 0 Å². The Kier molecular flexibility index (Phi) is 6.58. The van der Waals surface area contributed by atoms with Crippen molar-refractivity contribution in [3.05, 3.63) is 53.6 Å². The smallest absolute Gasteiger partial charge is 0.258 e.